The first kappa shape index (κ1) is 17.3. The second-order valence-corrected chi connectivity index (χ2v) is 8.23. The molecule has 1 aromatic carbocycles. The van der Waals surface area contributed by atoms with Crippen molar-refractivity contribution in [1.82, 2.24) is 4.31 Å². The van der Waals surface area contributed by atoms with Gasteiger partial charge in [0.15, 0.2) is 0 Å². The van der Waals surface area contributed by atoms with Crippen molar-refractivity contribution in [3.05, 3.63) is 28.2 Å². The fourth-order valence-corrected chi connectivity index (χ4v) is 5.95. The van der Waals surface area contributed by atoms with Gasteiger partial charge in [0.25, 0.3) is 0 Å². The first-order valence-electron chi connectivity index (χ1n) is 6.61. The maximum absolute atomic E-state index is 12.7. The molecule has 1 saturated carbocycles. The monoisotopic (exact) mass is 370 g/mol. The Hall–Kier alpha value is -0.0400. The zero-order chi connectivity index (χ0) is 14.5. The van der Waals surface area contributed by atoms with Crippen molar-refractivity contribution >= 4 is 45.6 Å². The van der Waals surface area contributed by atoms with Crippen LogP contribution in [0.2, 0.25) is 10.0 Å². The Morgan fingerprint density at radius 1 is 1.14 bits per heavy atom. The Morgan fingerprint density at radius 2 is 1.76 bits per heavy atom. The molecular weight excluding hydrogens is 355 g/mol. The largest absolute Gasteiger partial charge is 0.327 e. The molecule has 1 heterocycles. The summed E-state index contributed by atoms with van der Waals surface area (Å²) in [5, 5.41) is 0.331. The minimum absolute atomic E-state index is 0. The van der Waals surface area contributed by atoms with Gasteiger partial charge in [-0.3, -0.25) is 0 Å². The predicted octanol–water partition coefficient (Wildman–Crippen LogP) is 2.77. The van der Waals surface area contributed by atoms with Gasteiger partial charge in [-0.1, -0.05) is 29.3 Å². The van der Waals surface area contributed by atoms with Gasteiger partial charge in [-0.05, 0) is 36.8 Å². The Bertz CT molecular complexity index is 618. The predicted molar refractivity (Wildman–Crippen MR) is 86.7 cm³/mol. The van der Waals surface area contributed by atoms with Crippen molar-refractivity contribution in [2.24, 2.45) is 17.6 Å². The zero-order valence-corrected chi connectivity index (χ0v) is 14.4. The molecule has 8 heteroatoms. The third-order valence-electron chi connectivity index (χ3n) is 4.40. The minimum atomic E-state index is -3.65. The van der Waals surface area contributed by atoms with Gasteiger partial charge >= 0.3 is 0 Å². The molecule has 21 heavy (non-hydrogen) atoms. The fraction of sp³-hybridized carbons (Fsp3) is 0.538. The molecule has 2 N–H and O–H groups in total. The summed E-state index contributed by atoms with van der Waals surface area (Å²) in [4.78, 5) is 0.0110. The van der Waals surface area contributed by atoms with Crippen molar-refractivity contribution in [1.29, 1.82) is 0 Å². The Balaban J connectivity index is 0.00000161. The molecular formula is C13H17Cl3N2O2S. The number of fused-ring (bicyclic) bond motifs is 1. The van der Waals surface area contributed by atoms with E-state index >= 15 is 0 Å². The van der Waals surface area contributed by atoms with E-state index < -0.39 is 10.0 Å². The molecule has 1 saturated heterocycles. The quantitative estimate of drug-likeness (QED) is 0.869. The van der Waals surface area contributed by atoms with Crippen LogP contribution in [-0.2, 0) is 10.0 Å². The van der Waals surface area contributed by atoms with Crippen LogP contribution in [0, 0.1) is 11.8 Å². The first-order chi connectivity index (χ1) is 9.41. The highest BCUT2D eigenvalue weighted by molar-refractivity contribution is 7.89. The second-order valence-electron chi connectivity index (χ2n) is 5.54. The normalized spacial score (nSPS) is 29.2. The molecule has 1 aromatic rings. The SMILES string of the molecule is Cl.NC1CCC2CN(S(=O)(=O)c3c(Cl)cccc3Cl)CC12. The second kappa shape index (κ2) is 6.22. The lowest BCUT2D eigenvalue weighted by Crippen LogP contribution is -2.33. The molecule has 0 aromatic heterocycles. The van der Waals surface area contributed by atoms with Crippen LogP contribution in [0.25, 0.3) is 0 Å². The molecule has 2 aliphatic rings. The summed E-state index contributed by atoms with van der Waals surface area (Å²) in [6.45, 7) is 0.984. The van der Waals surface area contributed by atoms with E-state index in [0.29, 0.717) is 19.0 Å². The van der Waals surface area contributed by atoms with E-state index in [0.717, 1.165) is 12.8 Å². The molecule has 3 rings (SSSR count). The third-order valence-corrected chi connectivity index (χ3v) is 7.18. The first-order valence-corrected chi connectivity index (χ1v) is 8.80. The van der Waals surface area contributed by atoms with Gasteiger partial charge < -0.3 is 5.73 Å². The van der Waals surface area contributed by atoms with E-state index in [2.05, 4.69) is 0 Å². The summed E-state index contributed by atoms with van der Waals surface area (Å²) < 4.78 is 26.9. The van der Waals surface area contributed by atoms with Crippen molar-refractivity contribution in [2.45, 2.75) is 23.8 Å². The van der Waals surface area contributed by atoms with Gasteiger partial charge in [-0.25, -0.2) is 8.42 Å². The summed E-state index contributed by atoms with van der Waals surface area (Å²) in [5.74, 6) is 0.618. The van der Waals surface area contributed by atoms with Crippen LogP contribution < -0.4 is 5.73 Å². The number of hydrogen-bond donors (Lipinski definition) is 1. The molecule has 1 aliphatic carbocycles. The van der Waals surface area contributed by atoms with E-state index in [4.69, 9.17) is 28.9 Å². The van der Waals surface area contributed by atoms with E-state index in [1.54, 1.807) is 18.2 Å². The van der Waals surface area contributed by atoms with Gasteiger partial charge in [-0.15, -0.1) is 12.4 Å². The summed E-state index contributed by atoms with van der Waals surface area (Å²) in [6, 6.07) is 4.83. The Kier molecular flexibility index (Phi) is 5.13. The summed E-state index contributed by atoms with van der Waals surface area (Å²) >= 11 is 12.1. The fourth-order valence-electron chi connectivity index (χ4n) is 3.32. The third kappa shape index (κ3) is 2.92. The maximum atomic E-state index is 12.7. The average Bonchev–Trinajstić information content (AvgIpc) is 2.92. The zero-order valence-electron chi connectivity index (χ0n) is 11.2. The highest BCUT2D eigenvalue weighted by atomic mass is 35.5. The molecule has 0 bridgehead atoms. The van der Waals surface area contributed by atoms with Gasteiger partial charge in [0, 0.05) is 19.1 Å². The van der Waals surface area contributed by atoms with Crippen molar-refractivity contribution < 1.29 is 8.42 Å². The number of hydrogen-bond acceptors (Lipinski definition) is 3. The summed E-state index contributed by atoms with van der Waals surface area (Å²) in [6.07, 6.45) is 1.98. The van der Waals surface area contributed by atoms with Crippen LogP contribution in [0.1, 0.15) is 12.8 Å². The van der Waals surface area contributed by atoms with E-state index in [9.17, 15) is 8.42 Å². The lowest BCUT2D eigenvalue weighted by Gasteiger charge is -2.20. The molecule has 3 unspecified atom stereocenters. The Labute approximate surface area is 141 Å². The summed E-state index contributed by atoms with van der Waals surface area (Å²) in [7, 11) is -3.65. The van der Waals surface area contributed by atoms with Crippen LogP contribution in [0.3, 0.4) is 0 Å². The number of rotatable bonds is 2. The van der Waals surface area contributed by atoms with Crippen LogP contribution in [-0.4, -0.2) is 31.9 Å². The lowest BCUT2D eigenvalue weighted by atomic mass is 9.98. The number of sulfonamides is 1. The smallest absolute Gasteiger partial charge is 0.246 e. The standard InChI is InChI=1S/C13H16Cl2N2O2S.ClH/c14-10-2-1-3-11(15)13(10)20(18,19)17-6-8-4-5-12(16)9(8)7-17;/h1-3,8-9,12H,4-7,16H2;1H. The van der Waals surface area contributed by atoms with Crippen molar-refractivity contribution in [2.75, 3.05) is 13.1 Å². The Morgan fingerprint density at radius 3 is 2.33 bits per heavy atom. The highest BCUT2D eigenvalue weighted by Gasteiger charge is 2.45. The minimum Gasteiger partial charge on any atom is -0.327 e. The van der Waals surface area contributed by atoms with E-state index in [-0.39, 0.29) is 39.3 Å². The molecule has 118 valence electrons. The van der Waals surface area contributed by atoms with Crippen LogP contribution in [0.15, 0.2) is 23.1 Å². The van der Waals surface area contributed by atoms with E-state index in [1.165, 1.54) is 4.31 Å². The van der Waals surface area contributed by atoms with Gasteiger partial charge in [0.2, 0.25) is 10.0 Å². The maximum Gasteiger partial charge on any atom is 0.246 e. The topological polar surface area (TPSA) is 63.4 Å². The number of nitrogens with zero attached hydrogens (tertiary/aromatic N) is 1. The van der Waals surface area contributed by atoms with E-state index in [1.807, 2.05) is 0 Å². The number of nitrogens with two attached hydrogens (primary N) is 1. The highest BCUT2D eigenvalue weighted by Crippen LogP contribution is 2.41. The van der Waals surface area contributed by atoms with Crippen LogP contribution >= 0.6 is 35.6 Å². The molecule has 1 aliphatic heterocycles. The van der Waals surface area contributed by atoms with Crippen molar-refractivity contribution in [3.8, 4) is 0 Å². The molecule has 4 nitrogen and oxygen atoms in total. The van der Waals surface area contributed by atoms with Crippen molar-refractivity contribution in [3.63, 3.8) is 0 Å². The van der Waals surface area contributed by atoms with Crippen LogP contribution in [0.5, 0.6) is 0 Å². The number of halogens is 3. The van der Waals surface area contributed by atoms with Crippen LogP contribution in [0.4, 0.5) is 0 Å². The molecule has 3 atom stereocenters. The molecule has 0 spiro atoms. The van der Waals surface area contributed by atoms with Gasteiger partial charge in [0.1, 0.15) is 4.90 Å². The average molecular weight is 372 g/mol. The van der Waals surface area contributed by atoms with Gasteiger partial charge in [-0.2, -0.15) is 4.31 Å². The van der Waals surface area contributed by atoms with Gasteiger partial charge in [0.05, 0.1) is 10.0 Å². The summed E-state index contributed by atoms with van der Waals surface area (Å²) in [5.41, 5.74) is 6.05. The molecule has 0 amide bonds. The lowest BCUT2D eigenvalue weighted by molar-refractivity contribution is 0.427. The molecule has 0 radical (unpaired) electrons. The molecule has 2 fully saturated rings. The number of benzene rings is 1.